The molecule has 18 heavy (non-hydrogen) atoms. The Kier molecular flexibility index (Phi) is 3.37. The molecular formula is C14H20N2O2. The Morgan fingerprint density at radius 3 is 2.94 bits per heavy atom. The molecule has 98 valence electrons. The number of hydrogen-bond donors (Lipinski definition) is 1. The third-order valence-electron chi connectivity index (χ3n) is 3.83. The molecule has 0 spiro atoms. The van der Waals surface area contributed by atoms with Crippen LogP contribution in [0, 0.1) is 5.92 Å². The maximum atomic E-state index is 12.4. The summed E-state index contributed by atoms with van der Waals surface area (Å²) in [6.45, 7) is 3.03. The molecule has 1 atom stereocenters. The third-order valence-corrected chi connectivity index (χ3v) is 3.83. The highest BCUT2D eigenvalue weighted by molar-refractivity contribution is 5.91. The molecule has 4 heteroatoms. The van der Waals surface area contributed by atoms with Crippen LogP contribution >= 0.6 is 0 Å². The summed E-state index contributed by atoms with van der Waals surface area (Å²) >= 11 is 0. The Hall–Kier alpha value is -1.29. The fourth-order valence-electron chi connectivity index (χ4n) is 2.68. The number of amides is 1. The van der Waals surface area contributed by atoms with Gasteiger partial charge in [0.05, 0.1) is 6.26 Å². The van der Waals surface area contributed by atoms with E-state index in [0.717, 1.165) is 32.5 Å². The molecule has 1 saturated carbocycles. The van der Waals surface area contributed by atoms with Crippen molar-refractivity contribution in [3.05, 3.63) is 24.2 Å². The first kappa shape index (κ1) is 11.8. The van der Waals surface area contributed by atoms with Crippen molar-refractivity contribution in [3.63, 3.8) is 0 Å². The number of nitrogens with one attached hydrogen (secondary N) is 1. The van der Waals surface area contributed by atoms with Crippen molar-refractivity contribution in [3.8, 4) is 0 Å². The number of piperidine rings is 1. The van der Waals surface area contributed by atoms with E-state index in [4.69, 9.17) is 4.42 Å². The standard InChI is InChI=1S/C14H20N2O2/c17-14(13-4-2-8-18-13)16(12-5-6-12)10-11-3-1-7-15-9-11/h2,4,8,11-12,15H,1,3,5-7,9-10H2. The zero-order valence-corrected chi connectivity index (χ0v) is 10.6. The molecule has 2 aliphatic rings. The van der Waals surface area contributed by atoms with Gasteiger partial charge in [-0.1, -0.05) is 0 Å². The second kappa shape index (κ2) is 5.14. The molecule has 0 aromatic carbocycles. The molecule has 1 amide bonds. The number of carbonyl (C=O) groups is 1. The van der Waals surface area contributed by atoms with Crippen LogP contribution in [-0.2, 0) is 0 Å². The summed E-state index contributed by atoms with van der Waals surface area (Å²) in [5, 5.41) is 3.41. The topological polar surface area (TPSA) is 45.5 Å². The molecule has 1 aliphatic heterocycles. The van der Waals surface area contributed by atoms with Gasteiger partial charge in [-0.05, 0) is 56.8 Å². The molecule has 1 unspecified atom stereocenters. The van der Waals surface area contributed by atoms with Gasteiger partial charge in [-0.25, -0.2) is 0 Å². The van der Waals surface area contributed by atoms with E-state index < -0.39 is 0 Å². The zero-order valence-electron chi connectivity index (χ0n) is 10.6. The van der Waals surface area contributed by atoms with Crippen molar-refractivity contribution >= 4 is 5.91 Å². The predicted octanol–water partition coefficient (Wildman–Crippen LogP) is 1.88. The Balaban J connectivity index is 1.66. The molecule has 0 bridgehead atoms. The van der Waals surface area contributed by atoms with Gasteiger partial charge in [0.25, 0.3) is 5.91 Å². The first-order chi connectivity index (χ1) is 8.84. The third kappa shape index (κ3) is 2.58. The van der Waals surface area contributed by atoms with Crippen LogP contribution in [0.4, 0.5) is 0 Å². The van der Waals surface area contributed by atoms with Crippen molar-refractivity contribution in [1.29, 1.82) is 0 Å². The lowest BCUT2D eigenvalue weighted by molar-refractivity contribution is 0.0672. The Bertz CT molecular complexity index is 392. The van der Waals surface area contributed by atoms with Gasteiger partial charge in [0.15, 0.2) is 5.76 Å². The van der Waals surface area contributed by atoms with Crippen molar-refractivity contribution in [2.75, 3.05) is 19.6 Å². The summed E-state index contributed by atoms with van der Waals surface area (Å²) in [6, 6.07) is 3.99. The highest BCUT2D eigenvalue weighted by Crippen LogP contribution is 2.30. The van der Waals surface area contributed by atoms with E-state index in [9.17, 15) is 4.79 Å². The SMILES string of the molecule is O=C(c1ccco1)N(CC1CCCNC1)C1CC1. The van der Waals surface area contributed by atoms with Gasteiger partial charge in [-0.3, -0.25) is 4.79 Å². The van der Waals surface area contributed by atoms with Gasteiger partial charge in [-0.2, -0.15) is 0 Å². The molecule has 3 rings (SSSR count). The molecule has 1 aliphatic carbocycles. The quantitative estimate of drug-likeness (QED) is 0.885. The summed E-state index contributed by atoms with van der Waals surface area (Å²) in [7, 11) is 0. The van der Waals surface area contributed by atoms with Crippen LogP contribution in [0.2, 0.25) is 0 Å². The van der Waals surface area contributed by atoms with Gasteiger partial charge < -0.3 is 14.6 Å². The van der Waals surface area contributed by atoms with E-state index in [0.29, 0.717) is 17.7 Å². The highest BCUT2D eigenvalue weighted by Gasteiger charge is 2.35. The predicted molar refractivity (Wildman–Crippen MR) is 68.4 cm³/mol. The van der Waals surface area contributed by atoms with Crippen molar-refractivity contribution in [1.82, 2.24) is 10.2 Å². The van der Waals surface area contributed by atoms with Gasteiger partial charge in [0.1, 0.15) is 0 Å². The fraction of sp³-hybridized carbons (Fsp3) is 0.643. The van der Waals surface area contributed by atoms with Gasteiger partial charge in [0, 0.05) is 12.6 Å². The molecular weight excluding hydrogens is 228 g/mol. The summed E-state index contributed by atoms with van der Waals surface area (Å²) in [5.41, 5.74) is 0. The van der Waals surface area contributed by atoms with E-state index in [1.807, 2.05) is 4.90 Å². The lowest BCUT2D eigenvalue weighted by Gasteiger charge is -2.29. The number of hydrogen-bond acceptors (Lipinski definition) is 3. The van der Waals surface area contributed by atoms with E-state index in [-0.39, 0.29) is 5.91 Å². The molecule has 1 saturated heterocycles. The lowest BCUT2D eigenvalue weighted by atomic mass is 9.99. The zero-order chi connectivity index (χ0) is 12.4. The molecule has 4 nitrogen and oxygen atoms in total. The first-order valence-electron chi connectivity index (χ1n) is 6.90. The van der Waals surface area contributed by atoms with Crippen LogP contribution in [-0.4, -0.2) is 36.5 Å². The summed E-state index contributed by atoms with van der Waals surface area (Å²) < 4.78 is 5.24. The summed E-state index contributed by atoms with van der Waals surface area (Å²) in [5.74, 6) is 1.14. The van der Waals surface area contributed by atoms with Crippen molar-refractivity contribution in [2.45, 2.75) is 31.7 Å². The first-order valence-corrected chi connectivity index (χ1v) is 6.90. The number of furan rings is 1. The van der Waals surface area contributed by atoms with Crippen LogP contribution in [0.15, 0.2) is 22.8 Å². The van der Waals surface area contributed by atoms with Gasteiger partial charge in [0.2, 0.25) is 0 Å². The Morgan fingerprint density at radius 1 is 1.44 bits per heavy atom. The monoisotopic (exact) mass is 248 g/mol. The minimum Gasteiger partial charge on any atom is -0.459 e. The molecule has 2 fully saturated rings. The van der Waals surface area contributed by atoms with Crippen LogP contribution in [0.5, 0.6) is 0 Å². The summed E-state index contributed by atoms with van der Waals surface area (Å²) in [6.07, 6.45) is 6.31. The van der Waals surface area contributed by atoms with Crippen molar-refractivity contribution in [2.24, 2.45) is 5.92 Å². The van der Waals surface area contributed by atoms with Crippen LogP contribution in [0.1, 0.15) is 36.2 Å². The van der Waals surface area contributed by atoms with E-state index in [1.165, 1.54) is 12.8 Å². The smallest absolute Gasteiger partial charge is 0.289 e. The fourth-order valence-corrected chi connectivity index (χ4v) is 2.68. The van der Waals surface area contributed by atoms with Gasteiger partial charge in [-0.15, -0.1) is 0 Å². The second-order valence-corrected chi connectivity index (χ2v) is 5.38. The van der Waals surface area contributed by atoms with Crippen LogP contribution in [0.25, 0.3) is 0 Å². The molecule has 1 aromatic heterocycles. The highest BCUT2D eigenvalue weighted by atomic mass is 16.3. The normalized spacial score (nSPS) is 23.9. The van der Waals surface area contributed by atoms with E-state index in [1.54, 1.807) is 18.4 Å². The lowest BCUT2D eigenvalue weighted by Crippen LogP contribution is -2.42. The maximum Gasteiger partial charge on any atom is 0.289 e. The van der Waals surface area contributed by atoms with Gasteiger partial charge >= 0.3 is 0 Å². The van der Waals surface area contributed by atoms with Crippen LogP contribution < -0.4 is 5.32 Å². The average Bonchev–Trinajstić information content (AvgIpc) is 3.10. The molecule has 1 N–H and O–H groups in total. The number of nitrogens with zero attached hydrogens (tertiary/aromatic N) is 1. The maximum absolute atomic E-state index is 12.4. The second-order valence-electron chi connectivity index (χ2n) is 5.38. The number of carbonyl (C=O) groups excluding carboxylic acids is 1. The number of rotatable bonds is 4. The van der Waals surface area contributed by atoms with E-state index in [2.05, 4.69) is 5.32 Å². The Labute approximate surface area is 107 Å². The summed E-state index contributed by atoms with van der Waals surface area (Å²) in [4.78, 5) is 14.4. The molecule has 1 aromatic rings. The van der Waals surface area contributed by atoms with Crippen LogP contribution in [0.3, 0.4) is 0 Å². The molecule has 2 heterocycles. The average molecular weight is 248 g/mol. The Morgan fingerprint density at radius 2 is 2.33 bits per heavy atom. The minimum absolute atomic E-state index is 0.0630. The largest absolute Gasteiger partial charge is 0.459 e. The molecule has 0 radical (unpaired) electrons. The minimum atomic E-state index is 0.0630. The van der Waals surface area contributed by atoms with Crippen molar-refractivity contribution < 1.29 is 9.21 Å². The van der Waals surface area contributed by atoms with E-state index >= 15 is 0 Å².